The summed E-state index contributed by atoms with van der Waals surface area (Å²) >= 11 is 0. The first kappa shape index (κ1) is 20.7. The van der Waals surface area contributed by atoms with Crippen LogP contribution in [-0.2, 0) is 21.5 Å². The van der Waals surface area contributed by atoms with Crippen LogP contribution >= 0.6 is 0 Å². The molecule has 5 nitrogen and oxygen atoms in total. The first-order valence-corrected chi connectivity index (χ1v) is 10.8. The van der Waals surface area contributed by atoms with Gasteiger partial charge in [-0.2, -0.15) is 0 Å². The third-order valence-corrected chi connectivity index (χ3v) is 6.49. The first-order chi connectivity index (χ1) is 14.6. The first-order valence-electron chi connectivity index (χ1n) is 10.8. The number of hydrogen-bond acceptors (Lipinski definition) is 5. The van der Waals surface area contributed by atoms with Crippen LogP contribution in [-0.4, -0.2) is 44.3 Å². The number of carbonyl (C=O) groups is 1. The molecule has 1 atom stereocenters. The van der Waals surface area contributed by atoms with Crippen LogP contribution in [0.2, 0.25) is 0 Å². The highest BCUT2D eigenvalue weighted by Crippen LogP contribution is 2.41. The number of esters is 1. The Kier molecular flexibility index (Phi) is 6.28. The summed E-state index contributed by atoms with van der Waals surface area (Å²) in [7, 11) is 3.13. The Bertz CT molecular complexity index is 863. The van der Waals surface area contributed by atoms with E-state index in [9.17, 15) is 4.79 Å². The van der Waals surface area contributed by atoms with Crippen LogP contribution in [0.3, 0.4) is 0 Å². The Hall–Kier alpha value is -2.53. The summed E-state index contributed by atoms with van der Waals surface area (Å²) in [6, 6.07) is 16.3. The molecular formula is C25H31NO4. The van der Waals surface area contributed by atoms with Gasteiger partial charge in [0.25, 0.3) is 0 Å². The third kappa shape index (κ3) is 4.17. The monoisotopic (exact) mass is 409 g/mol. The van der Waals surface area contributed by atoms with E-state index in [4.69, 9.17) is 14.2 Å². The fourth-order valence-electron chi connectivity index (χ4n) is 4.83. The molecule has 0 N–H and O–H groups in total. The topological polar surface area (TPSA) is 48.0 Å². The lowest BCUT2D eigenvalue weighted by atomic mass is 9.79. The molecule has 2 aromatic carbocycles. The fourth-order valence-corrected chi connectivity index (χ4v) is 4.83. The van der Waals surface area contributed by atoms with Gasteiger partial charge in [0.1, 0.15) is 5.41 Å². The number of ether oxygens (including phenoxy) is 3. The van der Waals surface area contributed by atoms with Gasteiger partial charge in [-0.3, -0.25) is 9.69 Å². The molecule has 4 rings (SSSR count). The summed E-state index contributed by atoms with van der Waals surface area (Å²) in [6.45, 7) is 2.29. The predicted molar refractivity (Wildman–Crippen MR) is 116 cm³/mol. The molecule has 1 aliphatic carbocycles. The fraction of sp³-hybridized carbons (Fsp3) is 0.480. The van der Waals surface area contributed by atoms with Crippen molar-refractivity contribution in [3.8, 4) is 11.5 Å². The lowest BCUT2D eigenvalue weighted by Gasteiger charge is -2.28. The maximum absolute atomic E-state index is 13.0. The van der Waals surface area contributed by atoms with Crippen LogP contribution in [0.15, 0.2) is 48.5 Å². The highest BCUT2D eigenvalue weighted by molar-refractivity contribution is 5.84. The molecule has 1 aliphatic heterocycles. The molecule has 0 spiro atoms. The average Bonchev–Trinajstić information content (AvgIpc) is 3.45. The number of benzene rings is 2. The smallest absolute Gasteiger partial charge is 0.317 e. The van der Waals surface area contributed by atoms with Crippen molar-refractivity contribution in [1.29, 1.82) is 0 Å². The molecule has 0 bridgehead atoms. The van der Waals surface area contributed by atoms with Gasteiger partial charge in [-0.15, -0.1) is 0 Å². The molecule has 0 amide bonds. The number of hydrogen-bond donors (Lipinski definition) is 0. The second-order valence-electron chi connectivity index (χ2n) is 8.41. The van der Waals surface area contributed by atoms with Crippen LogP contribution in [0.5, 0.6) is 11.5 Å². The van der Waals surface area contributed by atoms with Crippen LogP contribution < -0.4 is 9.47 Å². The van der Waals surface area contributed by atoms with E-state index in [2.05, 4.69) is 29.2 Å². The Morgan fingerprint density at radius 1 is 1.07 bits per heavy atom. The molecular weight excluding hydrogens is 378 g/mol. The Balaban J connectivity index is 1.61. The summed E-state index contributed by atoms with van der Waals surface area (Å²) < 4.78 is 17.1. The van der Waals surface area contributed by atoms with Crippen molar-refractivity contribution in [2.75, 3.05) is 27.3 Å². The molecule has 0 radical (unpaired) electrons. The van der Waals surface area contributed by atoms with Gasteiger partial charge in [0.15, 0.2) is 11.5 Å². The summed E-state index contributed by atoms with van der Waals surface area (Å²) in [5.74, 6) is 1.26. The Morgan fingerprint density at radius 2 is 1.83 bits per heavy atom. The minimum absolute atomic E-state index is 0.185. The number of carbonyl (C=O) groups excluding carboxylic acids is 1. The van der Waals surface area contributed by atoms with E-state index >= 15 is 0 Å². The van der Waals surface area contributed by atoms with E-state index in [1.165, 1.54) is 25.5 Å². The van der Waals surface area contributed by atoms with E-state index < -0.39 is 5.41 Å². The van der Waals surface area contributed by atoms with Crippen molar-refractivity contribution in [2.24, 2.45) is 0 Å². The maximum Gasteiger partial charge on any atom is 0.317 e. The molecule has 1 heterocycles. The van der Waals surface area contributed by atoms with Crippen molar-refractivity contribution in [2.45, 2.75) is 50.2 Å². The zero-order chi connectivity index (χ0) is 21.0. The predicted octanol–water partition coefficient (Wildman–Crippen LogP) is 4.33. The number of likely N-dealkylation sites (tertiary alicyclic amines) is 1. The van der Waals surface area contributed by atoms with E-state index in [0.29, 0.717) is 12.3 Å². The molecule has 30 heavy (non-hydrogen) atoms. The van der Waals surface area contributed by atoms with Crippen molar-refractivity contribution in [1.82, 2.24) is 4.90 Å². The number of methoxy groups -OCH3 is 2. The van der Waals surface area contributed by atoms with Gasteiger partial charge in [0, 0.05) is 19.6 Å². The van der Waals surface area contributed by atoms with E-state index in [1.807, 2.05) is 24.3 Å². The summed E-state index contributed by atoms with van der Waals surface area (Å²) in [5.41, 5.74) is 1.50. The zero-order valence-electron chi connectivity index (χ0n) is 17.9. The van der Waals surface area contributed by atoms with Gasteiger partial charge in [-0.1, -0.05) is 36.4 Å². The van der Waals surface area contributed by atoms with E-state index in [1.54, 1.807) is 7.11 Å². The molecule has 5 heteroatoms. The highest BCUT2D eigenvalue weighted by atomic mass is 16.5. The van der Waals surface area contributed by atoms with Crippen molar-refractivity contribution < 1.29 is 19.0 Å². The molecule has 2 aliphatic rings. The third-order valence-electron chi connectivity index (χ3n) is 6.49. The quantitative estimate of drug-likeness (QED) is 0.637. The summed E-state index contributed by atoms with van der Waals surface area (Å²) in [6.07, 6.45) is 5.49. The second-order valence-corrected chi connectivity index (χ2v) is 8.41. The van der Waals surface area contributed by atoms with Crippen LogP contribution in [0.1, 0.15) is 43.2 Å². The second kappa shape index (κ2) is 9.09. The molecule has 1 unspecified atom stereocenters. The van der Waals surface area contributed by atoms with Gasteiger partial charge >= 0.3 is 5.97 Å². The molecule has 0 aromatic heterocycles. The van der Waals surface area contributed by atoms with Crippen LogP contribution in [0, 0.1) is 0 Å². The van der Waals surface area contributed by atoms with Gasteiger partial charge in [0.2, 0.25) is 0 Å². The maximum atomic E-state index is 13.0. The van der Waals surface area contributed by atoms with E-state index in [0.717, 1.165) is 43.7 Å². The molecule has 2 fully saturated rings. The Labute approximate surface area is 178 Å². The minimum atomic E-state index is -0.691. The van der Waals surface area contributed by atoms with Gasteiger partial charge in [-0.05, 0) is 55.4 Å². The highest BCUT2D eigenvalue weighted by Gasteiger charge is 2.47. The van der Waals surface area contributed by atoms with Gasteiger partial charge in [0.05, 0.1) is 20.3 Å². The van der Waals surface area contributed by atoms with Crippen molar-refractivity contribution in [3.05, 3.63) is 59.7 Å². The van der Waals surface area contributed by atoms with Crippen molar-refractivity contribution in [3.63, 3.8) is 0 Å². The molecule has 160 valence electrons. The largest absolute Gasteiger partial charge is 0.493 e. The molecule has 2 aromatic rings. The van der Waals surface area contributed by atoms with E-state index in [-0.39, 0.29) is 12.1 Å². The summed E-state index contributed by atoms with van der Waals surface area (Å²) in [5, 5.41) is 0. The normalized spacial score (nSPS) is 22.2. The number of rotatable bonds is 7. The average molecular weight is 410 g/mol. The Morgan fingerprint density at radius 3 is 2.53 bits per heavy atom. The minimum Gasteiger partial charge on any atom is -0.493 e. The lowest BCUT2D eigenvalue weighted by Crippen LogP contribution is -2.40. The van der Waals surface area contributed by atoms with Crippen molar-refractivity contribution >= 4 is 5.97 Å². The summed E-state index contributed by atoms with van der Waals surface area (Å²) in [4.78, 5) is 15.4. The molecule has 1 saturated carbocycles. The number of nitrogens with zero attached hydrogens (tertiary/aromatic N) is 1. The van der Waals surface area contributed by atoms with Gasteiger partial charge < -0.3 is 14.2 Å². The SMILES string of the molecule is COC(=O)C1(c2ccc(OC)c(OC3CCCC3)c2)CCN(Cc2ccccc2)C1. The van der Waals surface area contributed by atoms with Crippen LogP contribution in [0.25, 0.3) is 0 Å². The zero-order valence-corrected chi connectivity index (χ0v) is 17.9. The van der Waals surface area contributed by atoms with Gasteiger partial charge in [-0.25, -0.2) is 0 Å². The molecule has 1 saturated heterocycles. The lowest BCUT2D eigenvalue weighted by molar-refractivity contribution is -0.147. The standard InChI is InChI=1S/C25H31NO4/c1-28-22-13-12-20(16-23(22)30-21-10-6-7-11-21)25(24(27)29-2)14-15-26(18-25)17-19-8-4-3-5-9-19/h3-5,8-9,12-13,16,21H,6-7,10-11,14-15,17-18H2,1-2H3. The van der Waals surface area contributed by atoms with Crippen LogP contribution in [0.4, 0.5) is 0 Å².